The molecule has 2 heterocycles. The summed E-state index contributed by atoms with van der Waals surface area (Å²) >= 11 is 0. The summed E-state index contributed by atoms with van der Waals surface area (Å²) in [4.78, 5) is 26.2. The molecule has 2 rings (SSSR count). The van der Waals surface area contributed by atoms with Crippen molar-refractivity contribution in [1.82, 2.24) is 15.1 Å². The van der Waals surface area contributed by atoms with Gasteiger partial charge in [-0.2, -0.15) is 0 Å². The highest BCUT2D eigenvalue weighted by atomic mass is 16.5. The van der Waals surface area contributed by atoms with Crippen LogP contribution in [0.25, 0.3) is 0 Å². The third kappa shape index (κ3) is 7.60. The van der Waals surface area contributed by atoms with Gasteiger partial charge in [0.05, 0.1) is 5.60 Å². The van der Waals surface area contributed by atoms with Gasteiger partial charge in [0.1, 0.15) is 11.7 Å². The van der Waals surface area contributed by atoms with Crippen molar-refractivity contribution in [3.05, 3.63) is 0 Å². The number of carbonyl (C=O) groups is 2. The van der Waals surface area contributed by atoms with Gasteiger partial charge < -0.3 is 24.6 Å². The van der Waals surface area contributed by atoms with Crippen LogP contribution in [0.15, 0.2) is 0 Å². The molecule has 0 saturated carbocycles. The maximum absolute atomic E-state index is 12.0. The molecule has 2 saturated heterocycles. The van der Waals surface area contributed by atoms with E-state index in [4.69, 9.17) is 4.74 Å². The van der Waals surface area contributed by atoms with Gasteiger partial charge in [-0.25, -0.2) is 0 Å². The SMILES string of the molecule is CC(C)(C)OC=O.CCN(CC)CCNC(=O)C1CCC2(CN(C)C2)O1. The molecule has 0 aromatic rings. The van der Waals surface area contributed by atoms with Crippen LogP contribution in [-0.2, 0) is 19.1 Å². The number of likely N-dealkylation sites (tertiary alicyclic amines) is 1. The van der Waals surface area contributed by atoms with Crippen LogP contribution in [0, 0.1) is 0 Å². The Labute approximate surface area is 158 Å². The molecule has 0 aliphatic carbocycles. The second-order valence-corrected chi connectivity index (χ2v) is 8.14. The number of hydrogen-bond acceptors (Lipinski definition) is 6. The largest absolute Gasteiger partial charge is 0.462 e. The third-order valence-electron chi connectivity index (χ3n) is 4.69. The number of ether oxygens (including phenoxy) is 2. The smallest absolute Gasteiger partial charge is 0.293 e. The molecule has 1 unspecified atom stereocenters. The normalized spacial score (nSPS) is 21.7. The molecule has 7 nitrogen and oxygen atoms in total. The Kier molecular flexibility index (Phi) is 9.00. The van der Waals surface area contributed by atoms with Gasteiger partial charge in [0.15, 0.2) is 0 Å². The predicted molar refractivity (Wildman–Crippen MR) is 102 cm³/mol. The van der Waals surface area contributed by atoms with Crippen molar-refractivity contribution in [3.63, 3.8) is 0 Å². The van der Waals surface area contributed by atoms with E-state index in [2.05, 4.69) is 40.7 Å². The number of rotatable bonds is 7. The second-order valence-electron chi connectivity index (χ2n) is 8.14. The van der Waals surface area contributed by atoms with Crippen LogP contribution in [0.5, 0.6) is 0 Å². The highest BCUT2D eigenvalue weighted by Crippen LogP contribution is 2.37. The van der Waals surface area contributed by atoms with Gasteiger partial charge >= 0.3 is 0 Å². The summed E-state index contributed by atoms with van der Waals surface area (Å²) < 4.78 is 10.5. The van der Waals surface area contributed by atoms with Crippen LogP contribution in [0.3, 0.4) is 0 Å². The first-order valence-corrected chi connectivity index (χ1v) is 9.62. The Balaban J connectivity index is 0.000000412. The molecule has 2 aliphatic rings. The lowest BCUT2D eigenvalue weighted by molar-refractivity contribution is -0.153. The molecular formula is C19H37N3O4. The van der Waals surface area contributed by atoms with Gasteiger partial charge in [0.25, 0.3) is 6.47 Å². The predicted octanol–water partition coefficient (Wildman–Crippen LogP) is 1.27. The summed E-state index contributed by atoms with van der Waals surface area (Å²) in [6.45, 7) is 15.8. The fourth-order valence-corrected chi connectivity index (χ4v) is 3.30. The Hall–Kier alpha value is -1.18. The standard InChI is InChI=1S/C14H27N3O2.C5H10O2/c1-4-17(5-2)9-8-15-13(18)12-6-7-14(19-12)10-16(3)11-14;1-5(2,3)7-4-6/h12H,4-11H2,1-3H3,(H,15,18);4H,1-3H3. The molecule has 1 atom stereocenters. The van der Waals surface area contributed by atoms with E-state index in [0.717, 1.165) is 45.6 Å². The Morgan fingerprint density at radius 3 is 2.38 bits per heavy atom. The van der Waals surface area contributed by atoms with Crippen LogP contribution < -0.4 is 5.32 Å². The number of hydrogen-bond donors (Lipinski definition) is 1. The number of nitrogens with one attached hydrogen (secondary N) is 1. The second kappa shape index (κ2) is 10.2. The quantitative estimate of drug-likeness (QED) is 0.680. The van der Waals surface area contributed by atoms with Gasteiger partial charge in [0.2, 0.25) is 5.91 Å². The molecule has 1 spiro atoms. The van der Waals surface area contributed by atoms with E-state index in [1.807, 2.05) is 20.8 Å². The zero-order valence-corrected chi connectivity index (χ0v) is 17.3. The van der Waals surface area contributed by atoms with E-state index in [9.17, 15) is 9.59 Å². The fourth-order valence-electron chi connectivity index (χ4n) is 3.30. The minimum Gasteiger partial charge on any atom is -0.462 e. The summed E-state index contributed by atoms with van der Waals surface area (Å²) in [5.41, 5.74) is -0.336. The van der Waals surface area contributed by atoms with Gasteiger partial charge in [-0.1, -0.05) is 13.8 Å². The van der Waals surface area contributed by atoms with E-state index in [0.29, 0.717) is 13.0 Å². The summed E-state index contributed by atoms with van der Waals surface area (Å²) in [5, 5.41) is 3.00. The topological polar surface area (TPSA) is 71.1 Å². The first kappa shape index (κ1) is 22.9. The molecule has 0 aromatic heterocycles. The molecule has 152 valence electrons. The summed E-state index contributed by atoms with van der Waals surface area (Å²) in [6.07, 6.45) is 1.65. The van der Waals surface area contributed by atoms with Gasteiger partial charge in [-0.05, 0) is 53.8 Å². The summed E-state index contributed by atoms with van der Waals surface area (Å²) in [5.74, 6) is 0.0681. The lowest BCUT2D eigenvalue weighted by atomic mass is 9.91. The van der Waals surface area contributed by atoms with Crippen molar-refractivity contribution in [1.29, 1.82) is 0 Å². The minimum absolute atomic E-state index is 0.0182. The van der Waals surface area contributed by atoms with E-state index in [-0.39, 0.29) is 23.2 Å². The van der Waals surface area contributed by atoms with Crippen molar-refractivity contribution in [2.75, 3.05) is 46.3 Å². The average Bonchev–Trinajstić information content (AvgIpc) is 2.96. The number of carbonyl (C=O) groups excluding carboxylic acids is 2. The number of amides is 1. The molecule has 26 heavy (non-hydrogen) atoms. The number of likely N-dealkylation sites (N-methyl/N-ethyl adjacent to an activating group) is 2. The van der Waals surface area contributed by atoms with Gasteiger partial charge in [-0.15, -0.1) is 0 Å². The molecule has 0 radical (unpaired) electrons. The van der Waals surface area contributed by atoms with Crippen LogP contribution in [0.4, 0.5) is 0 Å². The summed E-state index contributed by atoms with van der Waals surface area (Å²) in [6, 6.07) is 0. The zero-order chi connectivity index (χ0) is 19.8. The van der Waals surface area contributed by atoms with Crippen molar-refractivity contribution in [3.8, 4) is 0 Å². The molecule has 2 fully saturated rings. The van der Waals surface area contributed by atoms with E-state index in [1.165, 1.54) is 0 Å². The molecule has 0 aromatic carbocycles. The maximum atomic E-state index is 12.0. The van der Waals surface area contributed by atoms with Crippen molar-refractivity contribution >= 4 is 12.4 Å². The van der Waals surface area contributed by atoms with Crippen molar-refractivity contribution in [2.45, 2.75) is 64.8 Å². The highest BCUT2D eigenvalue weighted by molar-refractivity contribution is 5.81. The van der Waals surface area contributed by atoms with Gasteiger partial charge in [0, 0.05) is 26.2 Å². The molecule has 2 aliphatic heterocycles. The van der Waals surface area contributed by atoms with Crippen LogP contribution >= 0.6 is 0 Å². The Bertz CT molecular complexity index is 441. The van der Waals surface area contributed by atoms with Gasteiger partial charge in [-0.3, -0.25) is 9.59 Å². The molecule has 1 N–H and O–H groups in total. The Morgan fingerprint density at radius 2 is 1.96 bits per heavy atom. The van der Waals surface area contributed by atoms with Crippen molar-refractivity contribution in [2.24, 2.45) is 0 Å². The van der Waals surface area contributed by atoms with E-state index in [1.54, 1.807) is 0 Å². The number of nitrogens with zero attached hydrogens (tertiary/aromatic N) is 2. The molecule has 0 bridgehead atoms. The lowest BCUT2D eigenvalue weighted by Gasteiger charge is -2.45. The molecule has 7 heteroatoms. The average molecular weight is 372 g/mol. The summed E-state index contributed by atoms with van der Waals surface area (Å²) in [7, 11) is 2.09. The first-order valence-electron chi connectivity index (χ1n) is 9.62. The third-order valence-corrected chi connectivity index (χ3v) is 4.69. The van der Waals surface area contributed by atoms with E-state index >= 15 is 0 Å². The lowest BCUT2D eigenvalue weighted by Crippen LogP contribution is -2.60. The minimum atomic E-state index is -0.318. The first-order chi connectivity index (χ1) is 12.1. The van der Waals surface area contributed by atoms with Crippen molar-refractivity contribution < 1.29 is 19.1 Å². The molecular weight excluding hydrogens is 334 g/mol. The van der Waals surface area contributed by atoms with Crippen LogP contribution in [-0.4, -0.2) is 85.8 Å². The highest BCUT2D eigenvalue weighted by Gasteiger charge is 2.49. The maximum Gasteiger partial charge on any atom is 0.293 e. The Morgan fingerprint density at radius 1 is 1.35 bits per heavy atom. The monoisotopic (exact) mass is 371 g/mol. The molecule has 1 amide bonds. The zero-order valence-electron chi connectivity index (χ0n) is 17.3. The van der Waals surface area contributed by atoms with E-state index < -0.39 is 0 Å². The fraction of sp³-hybridized carbons (Fsp3) is 0.895. The van der Waals surface area contributed by atoms with Crippen LogP contribution in [0.1, 0.15) is 47.5 Å². The van der Waals surface area contributed by atoms with Crippen LogP contribution in [0.2, 0.25) is 0 Å².